The number of hydrogen-bond donors (Lipinski definition) is 1. The Kier molecular flexibility index (Phi) is 6.02. The molecule has 0 unspecified atom stereocenters. The molecule has 1 fully saturated rings. The van der Waals surface area contributed by atoms with Crippen molar-refractivity contribution in [3.8, 4) is 0 Å². The summed E-state index contributed by atoms with van der Waals surface area (Å²) >= 11 is 1.96. The summed E-state index contributed by atoms with van der Waals surface area (Å²) in [5, 5.41) is 3.71. The van der Waals surface area contributed by atoms with Gasteiger partial charge in [0.25, 0.3) is 0 Å². The minimum absolute atomic E-state index is 0.400. The number of hydrogen-bond acceptors (Lipinski definition) is 3. The SMILES string of the molecule is CCC1(CC)CN(CCCSC)CCN1. The van der Waals surface area contributed by atoms with Crippen molar-refractivity contribution in [2.45, 2.75) is 38.6 Å². The van der Waals surface area contributed by atoms with Gasteiger partial charge in [0.2, 0.25) is 0 Å². The fraction of sp³-hybridized carbons (Fsp3) is 1.00. The molecule has 0 bridgehead atoms. The van der Waals surface area contributed by atoms with Crippen LogP contribution in [-0.4, -0.2) is 48.6 Å². The number of nitrogens with one attached hydrogen (secondary N) is 1. The first kappa shape index (κ1) is 13.3. The standard InChI is InChI=1S/C12H26N2S/c1-4-12(5-2)11-14(9-7-13-12)8-6-10-15-3/h13H,4-11H2,1-3H3. The molecular formula is C12H26N2S. The van der Waals surface area contributed by atoms with Crippen molar-refractivity contribution < 1.29 is 0 Å². The Morgan fingerprint density at radius 2 is 2.07 bits per heavy atom. The minimum atomic E-state index is 0.400. The molecule has 0 radical (unpaired) electrons. The molecule has 1 rings (SSSR count). The van der Waals surface area contributed by atoms with Crippen LogP contribution in [0.1, 0.15) is 33.1 Å². The molecule has 15 heavy (non-hydrogen) atoms. The fourth-order valence-corrected chi connectivity index (χ4v) is 2.81. The number of rotatable bonds is 6. The molecule has 2 nitrogen and oxygen atoms in total. The highest BCUT2D eigenvalue weighted by molar-refractivity contribution is 7.98. The lowest BCUT2D eigenvalue weighted by molar-refractivity contribution is 0.124. The van der Waals surface area contributed by atoms with Crippen molar-refractivity contribution >= 4 is 11.8 Å². The first-order valence-electron chi connectivity index (χ1n) is 6.22. The second kappa shape index (κ2) is 6.77. The summed E-state index contributed by atoms with van der Waals surface area (Å²) in [7, 11) is 0. The van der Waals surface area contributed by atoms with Crippen LogP contribution in [0.4, 0.5) is 0 Å². The van der Waals surface area contributed by atoms with E-state index in [4.69, 9.17) is 0 Å². The normalized spacial score (nSPS) is 21.8. The number of piperazine rings is 1. The van der Waals surface area contributed by atoms with Gasteiger partial charge in [0, 0.05) is 25.2 Å². The second-order valence-corrected chi connectivity index (χ2v) is 5.52. The van der Waals surface area contributed by atoms with Gasteiger partial charge in [-0.15, -0.1) is 0 Å². The minimum Gasteiger partial charge on any atom is -0.309 e. The maximum absolute atomic E-state index is 3.71. The Balaban J connectivity index is 2.34. The zero-order chi connectivity index (χ0) is 11.1. The molecule has 0 aliphatic carbocycles. The topological polar surface area (TPSA) is 15.3 Å². The Morgan fingerprint density at radius 1 is 1.33 bits per heavy atom. The van der Waals surface area contributed by atoms with Crippen LogP contribution in [0.3, 0.4) is 0 Å². The molecule has 3 heteroatoms. The largest absolute Gasteiger partial charge is 0.309 e. The van der Waals surface area contributed by atoms with Gasteiger partial charge in [-0.25, -0.2) is 0 Å². The molecule has 0 saturated carbocycles. The molecule has 1 aliphatic heterocycles. The van der Waals surface area contributed by atoms with Gasteiger partial charge in [-0.3, -0.25) is 0 Å². The Bertz CT molecular complexity index is 169. The quantitative estimate of drug-likeness (QED) is 0.704. The van der Waals surface area contributed by atoms with E-state index in [1.807, 2.05) is 11.8 Å². The van der Waals surface area contributed by atoms with E-state index in [9.17, 15) is 0 Å². The number of nitrogens with zero attached hydrogens (tertiary/aromatic N) is 1. The first-order valence-corrected chi connectivity index (χ1v) is 7.62. The van der Waals surface area contributed by atoms with E-state index >= 15 is 0 Å². The zero-order valence-electron chi connectivity index (χ0n) is 10.5. The molecule has 0 aromatic heterocycles. The third kappa shape index (κ3) is 3.97. The summed E-state index contributed by atoms with van der Waals surface area (Å²) in [6.45, 7) is 9.54. The molecule has 90 valence electrons. The van der Waals surface area contributed by atoms with Crippen LogP contribution in [0.15, 0.2) is 0 Å². The molecule has 0 aromatic rings. The van der Waals surface area contributed by atoms with E-state index in [1.165, 1.54) is 51.2 Å². The van der Waals surface area contributed by atoms with Crippen molar-refractivity contribution in [2.75, 3.05) is 38.2 Å². The third-order valence-electron chi connectivity index (χ3n) is 3.63. The van der Waals surface area contributed by atoms with Gasteiger partial charge in [-0.1, -0.05) is 13.8 Å². The molecule has 1 N–H and O–H groups in total. The van der Waals surface area contributed by atoms with E-state index in [0.717, 1.165) is 0 Å². The van der Waals surface area contributed by atoms with Gasteiger partial charge in [0.1, 0.15) is 0 Å². The summed E-state index contributed by atoms with van der Waals surface area (Å²) in [6.07, 6.45) is 6.04. The summed E-state index contributed by atoms with van der Waals surface area (Å²) in [5.74, 6) is 1.30. The van der Waals surface area contributed by atoms with E-state index in [1.54, 1.807) is 0 Å². The smallest absolute Gasteiger partial charge is 0.0304 e. The van der Waals surface area contributed by atoms with Crippen LogP contribution in [0, 0.1) is 0 Å². The van der Waals surface area contributed by atoms with E-state index in [0.29, 0.717) is 5.54 Å². The lowest BCUT2D eigenvalue weighted by Gasteiger charge is -2.43. The van der Waals surface area contributed by atoms with E-state index in [-0.39, 0.29) is 0 Å². The maximum Gasteiger partial charge on any atom is 0.0304 e. The highest BCUT2D eigenvalue weighted by atomic mass is 32.2. The summed E-state index contributed by atoms with van der Waals surface area (Å²) in [5.41, 5.74) is 0.400. The predicted octanol–water partition coefficient (Wildman–Crippen LogP) is 2.20. The molecule has 0 amide bonds. The van der Waals surface area contributed by atoms with E-state index in [2.05, 4.69) is 30.3 Å². The third-order valence-corrected chi connectivity index (χ3v) is 4.33. The van der Waals surface area contributed by atoms with Crippen LogP contribution >= 0.6 is 11.8 Å². The van der Waals surface area contributed by atoms with Crippen LogP contribution in [0.25, 0.3) is 0 Å². The van der Waals surface area contributed by atoms with Crippen LogP contribution in [0.2, 0.25) is 0 Å². The zero-order valence-corrected chi connectivity index (χ0v) is 11.3. The van der Waals surface area contributed by atoms with Gasteiger partial charge < -0.3 is 10.2 Å². The molecule has 0 atom stereocenters. The molecule has 1 aliphatic rings. The summed E-state index contributed by atoms with van der Waals surface area (Å²) in [6, 6.07) is 0. The lowest BCUT2D eigenvalue weighted by atomic mass is 9.90. The molecule has 0 aromatic carbocycles. The summed E-state index contributed by atoms with van der Waals surface area (Å²) < 4.78 is 0. The predicted molar refractivity (Wildman–Crippen MR) is 70.8 cm³/mol. The van der Waals surface area contributed by atoms with Crippen molar-refractivity contribution in [3.63, 3.8) is 0 Å². The van der Waals surface area contributed by atoms with E-state index < -0.39 is 0 Å². The van der Waals surface area contributed by atoms with Gasteiger partial charge in [-0.2, -0.15) is 11.8 Å². The maximum atomic E-state index is 3.71. The van der Waals surface area contributed by atoms with Crippen LogP contribution < -0.4 is 5.32 Å². The van der Waals surface area contributed by atoms with Gasteiger partial charge >= 0.3 is 0 Å². The van der Waals surface area contributed by atoms with Gasteiger partial charge in [0.15, 0.2) is 0 Å². The second-order valence-electron chi connectivity index (χ2n) is 4.54. The monoisotopic (exact) mass is 230 g/mol. The first-order chi connectivity index (χ1) is 7.26. The highest BCUT2D eigenvalue weighted by Crippen LogP contribution is 2.19. The molecule has 0 spiro atoms. The Morgan fingerprint density at radius 3 is 2.67 bits per heavy atom. The number of thioether (sulfide) groups is 1. The highest BCUT2D eigenvalue weighted by Gasteiger charge is 2.31. The summed E-state index contributed by atoms with van der Waals surface area (Å²) in [4.78, 5) is 2.64. The Labute approximate surface area is 99.2 Å². The lowest BCUT2D eigenvalue weighted by Crippen LogP contribution is -2.59. The average Bonchev–Trinajstić information content (AvgIpc) is 2.30. The molecule has 1 heterocycles. The molecule has 1 saturated heterocycles. The van der Waals surface area contributed by atoms with Gasteiger partial charge in [0.05, 0.1) is 0 Å². The van der Waals surface area contributed by atoms with Crippen molar-refractivity contribution in [2.24, 2.45) is 0 Å². The van der Waals surface area contributed by atoms with Crippen LogP contribution in [0.5, 0.6) is 0 Å². The Hall–Kier alpha value is 0.270. The fourth-order valence-electron chi connectivity index (χ4n) is 2.39. The van der Waals surface area contributed by atoms with Crippen molar-refractivity contribution in [1.29, 1.82) is 0 Å². The van der Waals surface area contributed by atoms with Crippen LogP contribution in [-0.2, 0) is 0 Å². The molecular weight excluding hydrogens is 204 g/mol. The van der Waals surface area contributed by atoms with Gasteiger partial charge in [-0.05, 0) is 37.8 Å². The van der Waals surface area contributed by atoms with Crippen molar-refractivity contribution in [3.05, 3.63) is 0 Å². The average molecular weight is 230 g/mol. The van der Waals surface area contributed by atoms with Crippen molar-refractivity contribution in [1.82, 2.24) is 10.2 Å².